The molecule has 7 heteroatoms. The first-order chi connectivity index (χ1) is 13.0. The van der Waals surface area contributed by atoms with Crippen molar-refractivity contribution in [2.45, 2.75) is 6.92 Å². The molecule has 0 N–H and O–H groups in total. The number of halogens is 1. The fourth-order valence-electron chi connectivity index (χ4n) is 2.12. The summed E-state index contributed by atoms with van der Waals surface area (Å²) < 4.78 is 20.8. The molecule has 0 radical (unpaired) electrons. The highest BCUT2D eigenvalue weighted by molar-refractivity contribution is 6.32. The van der Waals surface area contributed by atoms with E-state index in [1.165, 1.54) is 19.2 Å². The minimum Gasteiger partial charge on any atom is -0.497 e. The molecule has 0 saturated carbocycles. The zero-order valence-electron chi connectivity index (χ0n) is 14.8. The first-order valence-corrected chi connectivity index (χ1v) is 8.31. The van der Waals surface area contributed by atoms with E-state index in [9.17, 15) is 9.59 Å². The molecule has 27 heavy (non-hydrogen) atoms. The summed E-state index contributed by atoms with van der Waals surface area (Å²) >= 11 is 6.20. The maximum Gasteiger partial charge on any atom is 0.343 e. The fraction of sp³-hybridized carbons (Fsp3) is 0.200. The quantitative estimate of drug-likeness (QED) is 0.408. The summed E-state index contributed by atoms with van der Waals surface area (Å²) in [6.45, 7) is 1.84. The van der Waals surface area contributed by atoms with Crippen LogP contribution in [0.5, 0.6) is 17.2 Å². The highest BCUT2D eigenvalue weighted by Gasteiger charge is 2.20. The molecule has 0 aliphatic rings. The van der Waals surface area contributed by atoms with E-state index in [4.69, 9.17) is 37.0 Å². The molecule has 2 rings (SSSR count). The Bertz CT molecular complexity index is 867. The van der Waals surface area contributed by atoms with Crippen molar-refractivity contribution < 1.29 is 28.5 Å². The van der Waals surface area contributed by atoms with Crippen LogP contribution in [0.3, 0.4) is 0 Å². The van der Waals surface area contributed by atoms with Crippen LogP contribution in [0.4, 0.5) is 0 Å². The van der Waals surface area contributed by atoms with Gasteiger partial charge in [-0.15, -0.1) is 6.42 Å². The van der Waals surface area contributed by atoms with Gasteiger partial charge in [-0.3, -0.25) is 0 Å². The normalized spacial score (nSPS) is 9.85. The molecule has 0 atom stereocenters. The summed E-state index contributed by atoms with van der Waals surface area (Å²) in [6.07, 6.45) is 5.07. The minimum absolute atomic E-state index is 0.00725. The third-order valence-corrected chi connectivity index (χ3v) is 3.63. The van der Waals surface area contributed by atoms with Crippen molar-refractivity contribution in [3.63, 3.8) is 0 Å². The molecule has 0 aliphatic carbocycles. The van der Waals surface area contributed by atoms with Crippen LogP contribution in [-0.4, -0.2) is 32.3 Å². The maximum atomic E-state index is 12.4. The zero-order chi connectivity index (χ0) is 19.8. The summed E-state index contributed by atoms with van der Waals surface area (Å²) in [5, 5.41) is 0.0236. The molecular weight excluding hydrogens is 372 g/mol. The molecule has 0 aliphatic heterocycles. The number of hydrogen-bond donors (Lipinski definition) is 0. The van der Waals surface area contributed by atoms with Crippen LogP contribution in [0.1, 0.15) is 27.6 Å². The maximum absolute atomic E-state index is 12.4. The van der Waals surface area contributed by atoms with Crippen molar-refractivity contribution in [1.82, 2.24) is 0 Å². The number of carbonyl (C=O) groups is 2. The van der Waals surface area contributed by atoms with E-state index >= 15 is 0 Å². The van der Waals surface area contributed by atoms with Gasteiger partial charge in [0.2, 0.25) is 0 Å². The van der Waals surface area contributed by atoms with Gasteiger partial charge in [0.15, 0.2) is 18.1 Å². The SMILES string of the molecule is C#CCOC(=O)c1cc(Cl)c(OC(=O)c2ccc(OC)cc2)c(OCC)c1. The minimum atomic E-state index is -0.663. The molecule has 0 bridgehead atoms. The van der Waals surface area contributed by atoms with E-state index in [1.807, 2.05) is 0 Å². The Balaban J connectivity index is 2.30. The van der Waals surface area contributed by atoms with Gasteiger partial charge >= 0.3 is 11.9 Å². The van der Waals surface area contributed by atoms with E-state index in [2.05, 4.69) is 5.92 Å². The molecule has 6 nitrogen and oxygen atoms in total. The van der Waals surface area contributed by atoms with E-state index in [0.717, 1.165) is 0 Å². The smallest absolute Gasteiger partial charge is 0.343 e. The number of esters is 2. The molecule has 0 fully saturated rings. The molecule has 0 aromatic heterocycles. The molecular formula is C20H17ClO6. The Hall–Kier alpha value is -3.17. The zero-order valence-corrected chi connectivity index (χ0v) is 15.5. The van der Waals surface area contributed by atoms with Crippen molar-refractivity contribution in [2.24, 2.45) is 0 Å². The first-order valence-electron chi connectivity index (χ1n) is 7.93. The van der Waals surface area contributed by atoms with E-state index in [0.29, 0.717) is 11.3 Å². The number of hydrogen-bond acceptors (Lipinski definition) is 6. The Morgan fingerprint density at radius 2 is 1.81 bits per heavy atom. The van der Waals surface area contributed by atoms with Crippen LogP contribution in [0, 0.1) is 12.3 Å². The van der Waals surface area contributed by atoms with Crippen LogP contribution >= 0.6 is 11.6 Å². The molecule has 0 spiro atoms. The lowest BCUT2D eigenvalue weighted by Gasteiger charge is -2.14. The molecule has 0 saturated heterocycles. The van der Waals surface area contributed by atoms with Crippen LogP contribution in [0.25, 0.3) is 0 Å². The second-order valence-electron chi connectivity index (χ2n) is 5.12. The number of carbonyl (C=O) groups excluding carboxylic acids is 2. The second-order valence-corrected chi connectivity index (χ2v) is 5.52. The van der Waals surface area contributed by atoms with Gasteiger partial charge in [-0.1, -0.05) is 17.5 Å². The molecule has 0 unspecified atom stereocenters. The Morgan fingerprint density at radius 1 is 1.11 bits per heavy atom. The van der Waals surface area contributed by atoms with Gasteiger partial charge in [-0.05, 0) is 43.3 Å². The van der Waals surface area contributed by atoms with E-state index in [1.54, 1.807) is 31.2 Å². The van der Waals surface area contributed by atoms with Gasteiger partial charge in [0.1, 0.15) is 5.75 Å². The molecule has 0 heterocycles. The first kappa shape index (κ1) is 20.1. The number of rotatable bonds is 7. The summed E-state index contributed by atoms with van der Waals surface area (Å²) in [5.41, 5.74) is 0.426. The summed E-state index contributed by atoms with van der Waals surface area (Å²) in [5.74, 6) is 1.65. The Morgan fingerprint density at radius 3 is 2.41 bits per heavy atom. The van der Waals surface area contributed by atoms with Gasteiger partial charge < -0.3 is 18.9 Å². The van der Waals surface area contributed by atoms with Crippen LogP contribution in [-0.2, 0) is 4.74 Å². The molecule has 2 aromatic rings. The highest BCUT2D eigenvalue weighted by atomic mass is 35.5. The third kappa shape index (κ3) is 5.16. The van der Waals surface area contributed by atoms with E-state index < -0.39 is 11.9 Å². The average Bonchev–Trinajstić information content (AvgIpc) is 2.68. The van der Waals surface area contributed by atoms with Gasteiger partial charge in [0, 0.05) is 0 Å². The number of benzene rings is 2. The summed E-state index contributed by atoms with van der Waals surface area (Å²) in [4.78, 5) is 24.4. The lowest BCUT2D eigenvalue weighted by atomic mass is 10.2. The Labute approximate surface area is 161 Å². The predicted molar refractivity (Wildman–Crippen MR) is 99.7 cm³/mol. The van der Waals surface area contributed by atoms with Crippen molar-refractivity contribution in [3.05, 3.63) is 52.5 Å². The monoisotopic (exact) mass is 388 g/mol. The van der Waals surface area contributed by atoms with Gasteiger partial charge in [-0.2, -0.15) is 0 Å². The topological polar surface area (TPSA) is 71.1 Å². The number of methoxy groups -OCH3 is 1. The van der Waals surface area contributed by atoms with E-state index in [-0.39, 0.29) is 35.3 Å². The van der Waals surface area contributed by atoms with Crippen LogP contribution in [0.15, 0.2) is 36.4 Å². The lowest BCUT2D eigenvalue weighted by molar-refractivity contribution is 0.0556. The van der Waals surface area contributed by atoms with Crippen molar-refractivity contribution in [2.75, 3.05) is 20.3 Å². The molecule has 2 aromatic carbocycles. The Kier molecular flexibility index (Phi) is 7.09. The number of terminal acetylenes is 1. The highest BCUT2D eigenvalue weighted by Crippen LogP contribution is 2.37. The van der Waals surface area contributed by atoms with Crippen LogP contribution < -0.4 is 14.2 Å². The standard InChI is InChI=1S/C20H17ClO6/c1-4-10-26-19(22)14-11-16(21)18(17(12-14)25-5-2)27-20(23)13-6-8-15(24-3)9-7-13/h1,6-9,11-12H,5,10H2,2-3H3. The largest absolute Gasteiger partial charge is 0.497 e. The van der Waals surface area contributed by atoms with Crippen molar-refractivity contribution >= 4 is 23.5 Å². The van der Waals surface area contributed by atoms with Crippen molar-refractivity contribution in [3.8, 4) is 29.6 Å². The van der Waals surface area contributed by atoms with Gasteiger partial charge in [0.25, 0.3) is 0 Å². The predicted octanol–water partition coefficient (Wildman–Crippen LogP) is 3.76. The molecule has 0 amide bonds. The van der Waals surface area contributed by atoms with Crippen molar-refractivity contribution in [1.29, 1.82) is 0 Å². The molecule has 140 valence electrons. The second kappa shape index (κ2) is 9.51. The fourth-order valence-corrected chi connectivity index (χ4v) is 2.37. The van der Waals surface area contributed by atoms with Gasteiger partial charge in [-0.25, -0.2) is 9.59 Å². The van der Waals surface area contributed by atoms with Gasteiger partial charge in [0.05, 0.1) is 29.9 Å². The summed E-state index contributed by atoms with van der Waals surface area (Å²) in [7, 11) is 1.53. The third-order valence-electron chi connectivity index (χ3n) is 3.35. The number of ether oxygens (including phenoxy) is 4. The lowest BCUT2D eigenvalue weighted by Crippen LogP contribution is -2.11. The van der Waals surface area contributed by atoms with Crippen LogP contribution in [0.2, 0.25) is 5.02 Å². The average molecular weight is 389 g/mol. The summed E-state index contributed by atoms with van der Waals surface area (Å²) in [6, 6.07) is 9.07.